The molecule has 6 heteroatoms. The molecule has 25 heavy (non-hydrogen) atoms. The standard InChI is InChI=1S/C19H17N5O/c20-9-17-16-8-14(6-7-15(16)18(25)10-21-17)19-23-22-12-24(19)11-13-4-2-1-3-5-13/h1-8,12H,9-11,20H2. The number of benzene rings is 2. The number of aliphatic imine (C=N–C) groups is 1. The molecule has 1 aromatic heterocycles. The van der Waals surface area contributed by atoms with Crippen LogP contribution in [0.3, 0.4) is 0 Å². The van der Waals surface area contributed by atoms with Gasteiger partial charge in [-0.1, -0.05) is 36.4 Å². The van der Waals surface area contributed by atoms with Gasteiger partial charge in [-0.3, -0.25) is 9.79 Å². The zero-order valence-electron chi connectivity index (χ0n) is 13.6. The molecule has 4 rings (SSSR count). The Morgan fingerprint density at radius 2 is 1.92 bits per heavy atom. The number of nitrogens with two attached hydrogens (primary N) is 1. The number of aromatic nitrogens is 3. The van der Waals surface area contributed by atoms with Crippen molar-refractivity contribution in [1.82, 2.24) is 14.8 Å². The van der Waals surface area contributed by atoms with E-state index in [0.717, 1.165) is 22.7 Å². The molecule has 0 fully saturated rings. The summed E-state index contributed by atoms with van der Waals surface area (Å²) in [6.45, 7) is 1.15. The summed E-state index contributed by atoms with van der Waals surface area (Å²) >= 11 is 0. The number of hydrogen-bond donors (Lipinski definition) is 1. The molecule has 6 nitrogen and oxygen atoms in total. The Labute approximate surface area is 145 Å². The van der Waals surface area contributed by atoms with Gasteiger partial charge in [0.1, 0.15) is 12.9 Å². The summed E-state index contributed by atoms with van der Waals surface area (Å²) in [5, 5.41) is 8.31. The van der Waals surface area contributed by atoms with Crippen LogP contribution in [0.5, 0.6) is 0 Å². The van der Waals surface area contributed by atoms with Gasteiger partial charge in [0, 0.05) is 23.2 Å². The lowest BCUT2D eigenvalue weighted by molar-refractivity contribution is 0.1000. The Hall–Kier alpha value is -3.12. The second-order valence-corrected chi connectivity index (χ2v) is 5.92. The van der Waals surface area contributed by atoms with Gasteiger partial charge in [-0.15, -0.1) is 10.2 Å². The van der Waals surface area contributed by atoms with Crippen LogP contribution in [-0.2, 0) is 6.54 Å². The summed E-state index contributed by atoms with van der Waals surface area (Å²) in [7, 11) is 0. The van der Waals surface area contributed by atoms with Crippen molar-refractivity contribution < 1.29 is 4.79 Å². The van der Waals surface area contributed by atoms with Gasteiger partial charge in [0.25, 0.3) is 0 Å². The maximum absolute atomic E-state index is 12.1. The van der Waals surface area contributed by atoms with Crippen molar-refractivity contribution in [3.05, 3.63) is 71.5 Å². The maximum Gasteiger partial charge on any atom is 0.184 e. The third kappa shape index (κ3) is 2.88. The van der Waals surface area contributed by atoms with Crippen LogP contribution in [-0.4, -0.2) is 39.3 Å². The predicted octanol–water partition coefficient (Wildman–Crippen LogP) is 1.94. The fourth-order valence-electron chi connectivity index (χ4n) is 3.05. The van der Waals surface area contributed by atoms with Gasteiger partial charge in [0.2, 0.25) is 0 Å². The summed E-state index contributed by atoms with van der Waals surface area (Å²) in [6.07, 6.45) is 1.71. The Bertz CT molecular complexity index is 959. The van der Waals surface area contributed by atoms with Crippen LogP contribution in [0.4, 0.5) is 0 Å². The number of carbonyl (C=O) groups is 1. The van der Waals surface area contributed by atoms with E-state index in [-0.39, 0.29) is 12.3 Å². The molecule has 1 aliphatic rings. The second-order valence-electron chi connectivity index (χ2n) is 5.92. The number of fused-ring (bicyclic) bond motifs is 1. The molecule has 124 valence electrons. The first-order valence-electron chi connectivity index (χ1n) is 8.09. The normalized spacial score (nSPS) is 13.5. The van der Waals surface area contributed by atoms with Gasteiger partial charge >= 0.3 is 0 Å². The highest BCUT2D eigenvalue weighted by Gasteiger charge is 2.21. The molecule has 0 saturated heterocycles. The average molecular weight is 331 g/mol. The molecule has 0 atom stereocenters. The maximum atomic E-state index is 12.1. The van der Waals surface area contributed by atoms with Gasteiger partial charge in [0.15, 0.2) is 11.6 Å². The Kier molecular flexibility index (Phi) is 3.95. The number of ketones is 1. The van der Waals surface area contributed by atoms with E-state index in [1.807, 2.05) is 41.0 Å². The lowest BCUT2D eigenvalue weighted by atomic mass is 9.94. The Morgan fingerprint density at radius 3 is 2.72 bits per heavy atom. The van der Waals surface area contributed by atoms with Gasteiger partial charge in [0.05, 0.1) is 12.3 Å². The topological polar surface area (TPSA) is 86.2 Å². The third-order valence-corrected chi connectivity index (χ3v) is 4.31. The van der Waals surface area contributed by atoms with Crippen LogP contribution in [0.2, 0.25) is 0 Å². The van der Waals surface area contributed by atoms with Crippen molar-refractivity contribution in [2.75, 3.05) is 13.1 Å². The molecule has 0 saturated carbocycles. The van der Waals surface area contributed by atoms with Crippen molar-refractivity contribution in [3.63, 3.8) is 0 Å². The Morgan fingerprint density at radius 1 is 1.08 bits per heavy atom. The van der Waals surface area contributed by atoms with Gasteiger partial charge in [-0.2, -0.15) is 0 Å². The predicted molar refractivity (Wildman–Crippen MR) is 95.8 cm³/mol. The molecule has 2 N–H and O–H groups in total. The summed E-state index contributed by atoms with van der Waals surface area (Å²) in [5.41, 5.74) is 10.1. The first-order chi connectivity index (χ1) is 12.3. The molecule has 0 unspecified atom stereocenters. The summed E-state index contributed by atoms with van der Waals surface area (Å²) in [4.78, 5) is 16.4. The van der Waals surface area contributed by atoms with Crippen molar-refractivity contribution in [3.8, 4) is 11.4 Å². The number of Topliss-reactive ketones (excluding diaryl/α,β-unsaturated/α-hetero) is 1. The van der Waals surface area contributed by atoms with E-state index in [1.165, 1.54) is 5.56 Å². The molecule has 1 aliphatic heterocycles. The monoisotopic (exact) mass is 331 g/mol. The van der Waals surface area contributed by atoms with Gasteiger partial charge < -0.3 is 10.3 Å². The zero-order chi connectivity index (χ0) is 17.2. The van der Waals surface area contributed by atoms with Crippen molar-refractivity contribution in [1.29, 1.82) is 0 Å². The number of carbonyl (C=O) groups excluding carboxylic acids is 1. The fraction of sp³-hybridized carbons (Fsp3) is 0.158. The number of rotatable bonds is 4. The third-order valence-electron chi connectivity index (χ3n) is 4.31. The molecule has 0 spiro atoms. The lowest BCUT2D eigenvalue weighted by Crippen LogP contribution is -2.25. The van der Waals surface area contributed by atoms with E-state index in [0.29, 0.717) is 18.7 Å². The van der Waals surface area contributed by atoms with Crippen LogP contribution in [0.15, 0.2) is 59.9 Å². The summed E-state index contributed by atoms with van der Waals surface area (Å²) in [5.74, 6) is 0.769. The first-order valence-corrected chi connectivity index (χ1v) is 8.09. The van der Waals surface area contributed by atoms with Crippen molar-refractivity contribution in [2.24, 2.45) is 10.7 Å². The van der Waals surface area contributed by atoms with E-state index in [2.05, 4.69) is 27.3 Å². The molecule has 0 aliphatic carbocycles. The fourth-order valence-corrected chi connectivity index (χ4v) is 3.05. The van der Waals surface area contributed by atoms with E-state index >= 15 is 0 Å². The van der Waals surface area contributed by atoms with Crippen molar-refractivity contribution >= 4 is 11.5 Å². The van der Waals surface area contributed by atoms with Crippen LogP contribution < -0.4 is 5.73 Å². The van der Waals surface area contributed by atoms with Crippen LogP contribution in [0, 0.1) is 0 Å². The van der Waals surface area contributed by atoms with E-state index < -0.39 is 0 Å². The largest absolute Gasteiger partial charge is 0.325 e. The molecule has 0 bridgehead atoms. The molecule has 2 heterocycles. The lowest BCUT2D eigenvalue weighted by Gasteiger charge is -2.16. The summed E-state index contributed by atoms with van der Waals surface area (Å²) in [6, 6.07) is 15.8. The minimum absolute atomic E-state index is 0.0181. The molecule has 3 aromatic rings. The SMILES string of the molecule is NCC1=NCC(=O)c2ccc(-c3nncn3Cc3ccccc3)cc21. The van der Waals surface area contributed by atoms with E-state index in [4.69, 9.17) is 5.73 Å². The van der Waals surface area contributed by atoms with Crippen LogP contribution in [0.25, 0.3) is 11.4 Å². The van der Waals surface area contributed by atoms with Crippen molar-refractivity contribution in [2.45, 2.75) is 6.54 Å². The van der Waals surface area contributed by atoms with E-state index in [1.54, 1.807) is 6.33 Å². The first kappa shape index (κ1) is 15.4. The zero-order valence-corrected chi connectivity index (χ0v) is 13.6. The number of nitrogens with zero attached hydrogens (tertiary/aromatic N) is 4. The highest BCUT2D eigenvalue weighted by atomic mass is 16.1. The number of hydrogen-bond acceptors (Lipinski definition) is 5. The van der Waals surface area contributed by atoms with Crippen LogP contribution in [0.1, 0.15) is 21.5 Å². The highest BCUT2D eigenvalue weighted by molar-refractivity contribution is 6.16. The molecule has 2 aromatic carbocycles. The molecular formula is C19H17N5O. The quantitative estimate of drug-likeness (QED) is 0.791. The Balaban J connectivity index is 1.74. The molecular weight excluding hydrogens is 314 g/mol. The molecule has 0 radical (unpaired) electrons. The van der Waals surface area contributed by atoms with Crippen LogP contribution >= 0.6 is 0 Å². The smallest absolute Gasteiger partial charge is 0.184 e. The minimum atomic E-state index is 0.0181. The minimum Gasteiger partial charge on any atom is -0.325 e. The summed E-state index contributed by atoms with van der Waals surface area (Å²) < 4.78 is 1.99. The molecule has 0 amide bonds. The van der Waals surface area contributed by atoms with E-state index in [9.17, 15) is 4.79 Å². The van der Waals surface area contributed by atoms with Gasteiger partial charge in [-0.05, 0) is 17.7 Å². The van der Waals surface area contributed by atoms with Gasteiger partial charge in [-0.25, -0.2) is 0 Å². The second kappa shape index (κ2) is 6.41. The highest BCUT2D eigenvalue weighted by Crippen LogP contribution is 2.24. The average Bonchev–Trinajstić information content (AvgIpc) is 3.11.